The number of phosphoric acid groups is 1. The van der Waals surface area contributed by atoms with Crippen LogP contribution < -0.4 is 0 Å². The molecule has 11 heteroatoms. The van der Waals surface area contributed by atoms with Gasteiger partial charge < -0.3 is 31.0 Å². The second kappa shape index (κ2) is 14.9. The van der Waals surface area contributed by atoms with E-state index in [1.165, 1.54) is 0 Å². The predicted octanol–water partition coefficient (Wildman–Crippen LogP) is -4.50. The van der Waals surface area contributed by atoms with Gasteiger partial charge in [0.05, 0.1) is 13.2 Å². The zero-order valence-electron chi connectivity index (χ0n) is 6.04. The Balaban J connectivity index is -0.0000000675. The minimum atomic E-state index is -4.50. The first-order valence-corrected chi connectivity index (χ1v) is 3.98. The van der Waals surface area contributed by atoms with E-state index >= 15 is 0 Å². The van der Waals surface area contributed by atoms with Crippen LogP contribution in [-0.4, -0.2) is 109 Å². The molecule has 1 atom stereocenters. The monoisotopic (exact) mass is 256 g/mol. The molecule has 0 aromatic heterocycles. The molecule has 0 bridgehead atoms. The summed E-state index contributed by atoms with van der Waals surface area (Å²) < 4.78 is 13.8. The molecule has 0 aromatic rings. The van der Waals surface area contributed by atoms with Crippen molar-refractivity contribution in [3.05, 3.63) is 0 Å². The van der Waals surface area contributed by atoms with Gasteiger partial charge >= 0.3 is 66.9 Å². The van der Waals surface area contributed by atoms with Crippen molar-refractivity contribution in [1.29, 1.82) is 0 Å². The van der Waals surface area contributed by atoms with E-state index in [4.69, 9.17) is 20.0 Å². The molecule has 14 heavy (non-hydrogen) atoms. The summed E-state index contributed by atoms with van der Waals surface area (Å²) >= 11 is 0. The first-order chi connectivity index (χ1) is 4.45. The van der Waals surface area contributed by atoms with Crippen molar-refractivity contribution >= 4 is 66.9 Å². The maximum atomic E-state index is 9.93. The molecule has 0 heterocycles. The van der Waals surface area contributed by atoms with Gasteiger partial charge in [0.15, 0.2) is 0 Å². The van der Waals surface area contributed by atoms with Crippen LogP contribution in [0.25, 0.3) is 0 Å². The summed E-state index contributed by atoms with van der Waals surface area (Å²) in [7, 11) is -4.50. The van der Waals surface area contributed by atoms with Crippen molar-refractivity contribution < 1.29 is 40.0 Å². The van der Waals surface area contributed by atoms with Crippen molar-refractivity contribution in [2.24, 2.45) is 0 Å². The fourth-order valence-corrected chi connectivity index (χ4v) is 0.602. The molecule has 1 unspecified atom stereocenters. The molecule has 0 aliphatic carbocycles. The average Bonchev–Trinajstić information content (AvgIpc) is 1.81. The van der Waals surface area contributed by atoms with Gasteiger partial charge in [-0.25, -0.2) is 4.57 Å². The number of rotatable bonds is 4. The van der Waals surface area contributed by atoms with Crippen LogP contribution in [-0.2, 0) is 9.09 Å². The van der Waals surface area contributed by atoms with Crippen LogP contribution in [0.2, 0.25) is 0 Å². The van der Waals surface area contributed by atoms with Crippen LogP contribution in [0.15, 0.2) is 0 Å². The number of aliphatic hydroxyl groups is 2. The molecule has 0 amide bonds. The van der Waals surface area contributed by atoms with Gasteiger partial charge in [-0.05, 0) is 0 Å². The summed E-state index contributed by atoms with van der Waals surface area (Å²) in [6.07, 6.45) is -1.24. The SMILES string of the molecule is O.O.O=P(O)(O)OCC(O)CO.[NaH].[NaH]. The van der Waals surface area contributed by atoms with Gasteiger partial charge in [0.25, 0.3) is 0 Å². The molecule has 0 aliphatic heterocycles. The van der Waals surface area contributed by atoms with Gasteiger partial charge in [-0.1, -0.05) is 0 Å². The summed E-state index contributed by atoms with van der Waals surface area (Å²) in [4.78, 5) is 16.1. The Morgan fingerprint density at radius 1 is 1.21 bits per heavy atom. The van der Waals surface area contributed by atoms with Gasteiger partial charge in [0, 0.05) is 0 Å². The summed E-state index contributed by atoms with van der Waals surface area (Å²) in [5, 5.41) is 16.7. The van der Waals surface area contributed by atoms with Gasteiger partial charge in [0.2, 0.25) is 0 Å². The van der Waals surface area contributed by atoms with Crippen molar-refractivity contribution in [2.45, 2.75) is 6.10 Å². The van der Waals surface area contributed by atoms with Crippen LogP contribution in [0.5, 0.6) is 0 Å². The molecule has 0 radical (unpaired) electrons. The fourth-order valence-electron chi connectivity index (χ4n) is 0.236. The summed E-state index contributed by atoms with van der Waals surface area (Å²) in [5.74, 6) is 0. The second-order valence-corrected chi connectivity index (χ2v) is 2.86. The summed E-state index contributed by atoms with van der Waals surface area (Å²) in [6.45, 7) is -1.15. The van der Waals surface area contributed by atoms with Crippen molar-refractivity contribution in [3.8, 4) is 0 Å². The van der Waals surface area contributed by atoms with E-state index in [-0.39, 0.29) is 70.1 Å². The van der Waals surface area contributed by atoms with Gasteiger partial charge in [-0.3, -0.25) is 4.52 Å². The van der Waals surface area contributed by atoms with E-state index in [1.807, 2.05) is 0 Å². The zero-order valence-corrected chi connectivity index (χ0v) is 6.94. The fraction of sp³-hybridized carbons (Fsp3) is 1.00. The second-order valence-electron chi connectivity index (χ2n) is 1.62. The normalized spacial score (nSPS) is 10.9. The molecule has 8 nitrogen and oxygen atoms in total. The van der Waals surface area contributed by atoms with Crippen molar-refractivity contribution in [2.75, 3.05) is 13.2 Å². The van der Waals surface area contributed by atoms with Gasteiger partial charge in [0.1, 0.15) is 6.10 Å². The summed E-state index contributed by atoms with van der Waals surface area (Å²) in [6, 6.07) is 0. The molecular formula is C3H15Na2O8P. The Labute approximate surface area is 125 Å². The standard InChI is InChI=1S/C3H9O6P.2Na.2H2O.2H/c4-1-3(5)2-9-10(6,7)8;;;;;;/h3-5H,1-2H2,(H2,6,7,8);;;2*1H2;;. The third-order valence-corrected chi connectivity index (χ3v) is 1.13. The Morgan fingerprint density at radius 3 is 1.79 bits per heavy atom. The molecule has 0 aromatic carbocycles. The Morgan fingerprint density at radius 2 is 1.57 bits per heavy atom. The molecule has 0 rings (SSSR count). The number of hydrogen-bond donors (Lipinski definition) is 4. The molecule has 0 saturated carbocycles. The van der Waals surface area contributed by atoms with Crippen LogP contribution in [0.4, 0.5) is 0 Å². The molecule has 0 saturated heterocycles. The van der Waals surface area contributed by atoms with Crippen LogP contribution >= 0.6 is 7.82 Å². The Bertz CT molecular complexity index is 139. The third kappa shape index (κ3) is 23.6. The van der Waals surface area contributed by atoms with E-state index in [0.29, 0.717) is 0 Å². The topological polar surface area (TPSA) is 170 Å². The molecule has 0 fully saturated rings. The number of aliphatic hydroxyl groups excluding tert-OH is 2. The first kappa shape index (κ1) is 29.7. The van der Waals surface area contributed by atoms with Crippen molar-refractivity contribution in [1.82, 2.24) is 0 Å². The number of hydrogen-bond acceptors (Lipinski definition) is 4. The molecule has 82 valence electrons. The van der Waals surface area contributed by atoms with E-state index in [2.05, 4.69) is 4.52 Å². The van der Waals surface area contributed by atoms with Gasteiger partial charge in [-0.2, -0.15) is 0 Å². The molecule has 8 N–H and O–H groups in total. The molecule has 0 aliphatic rings. The Kier molecular flexibility index (Phi) is 31.7. The van der Waals surface area contributed by atoms with Crippen molar-refractivity contribution in [3.63, 3.8) is 0 Å². The Hall–Kier alpha value is 1.95. The quantitative estimate of drug-likeness (QED) is 0.291. The van der Waals surface area contributed by atoms with E-state index in [1.54, 1.807) is 0 Å². The average molecular weight is 256 g/mol. The van der Waals surface area contributed by atoms with Gasteiger partial charge in [-0.15, -0.1) is 0 Å². The van der Waals surface area contributed by atoms with Crippen LogP contribution in [0, 0.1) is 0 Å². The molecule has 0 spiro atoms. The number of phosphoric ester groups is 1. The minimum absolute atomic E-state index is 0. The zero-order chi connectivity index (χ0) is 8.20. The van der Waals surface area contributed by atoms with E-state index in [0.717, 1.165) is 0 Å². The van der Waals surface area contributed by atoms with Crippen LogP contribution in [0.1, 0.15) is 0 Å². The molecular weight excluding hydrogens is 241 g/mol. The van der Waals surface area contributed by atoms with Crippen LogP contribution in [0.3, 0.4) is 0 Å². The summed E-state index contributed by atoms with van der Waals surface area (Å²) in [5.41, 5.74) is 0. The predicted molar refractivity (Wildman–Crippen MR) is 52.6 cm³/mol. The third-order valence-electron chi connectivity index (χ3n) is 0.646. The maximum absolute atomic E-state index is 9.93. The first-order valence-electron chi connectivity index (χ1n) is 2.44. The van der Waals surface area contributed by atoms with E-state index in [9.17, 15) is 4.57 Å². The van der Waals surface area contributed by atoms with E-state index < -0.39 is 27.1 Å².